The van der Waals surface area contributed by atoms with Gasteiger partial charge < -0.3 is 19.5 Å². The van der Waals surface area contributed by atoms with Crippen LogP contribution in [-0.4, -0.2) is 26.2 Å². The summed E-state index contributed by atoms with van der Waals surface area (Å²) in [5, 5.41) is 2.97. The van der Waals surface area contributed by atoms with Crippen LogP contribution >= 0.6 is 0 Å². The molecule has 0 fully saturated rings. The average molecular weight is 387 g/mol. The zero-order chi connectivity index (χ0) is 20.1. The van der Waals surface area contributed by atoms with Crippen LogP contribution in [0.1, 0.15) is 11.1 Å². The third kappa shape index (κ3) is 4.41. The number of nitrogens with one attached hydrogen (secondary N) is 1. The van der Waals surface area contributed by atoms with Gasteiger partial charge in [0.1, 0.15) is 19.0 Å². The fraction of sp³-hybridized carbons (Fsp3) is 0.125. The minimum atomic E-state index is -0.205. The number of rotatable bonds is 5. The van der Waals surface area contributed by atoms with E-state index in [1.807, 2.05) is 60.7 Å². The van der Waals surface area contributed by atoms with Crippen molar-refractivity contribution in [3.8, 4) is 17.2 Å². The van der Waals surface area contributed by atoms with E-state index in [0.29, 0.717) is 36.0 Å². The molecule has 0 spiro atoms. The van der Waals surface area contributed by atoms with Gasteiger partial charge in [-0.3, -0.25) is 4.79 Å². The van der Waals surface area contributed by atoms with Gasteiger partial charge in [0, 0.05) is 17.3 Å². The van der Waals surface area contributed by atoms with Crippen molar-refractivity contribution in [2.45, 2.75) is 0 Å². The van der Waals surface area contributed by atoms with Crippen molar-refractivity contribution in [2.24, 2.45) is 0 Å². The van der Waals surface area contributed by atoms with Crippen LogP contribution in [0, 0.1) is 0 Å². The molecule has 0 saturated carbocycles. The first-order valence-electron chi connectivity index (χ1n) is 9.35. The molecule has 0 saturated heterocycles. The summed E-state index contributed by atoms with van der Waals surface area (Å²) in [6.07, 6.45) is 1.86. The Balaban J connectivity index is 1.63. The molecule has 0 radical (unpaired) electrons. The number of hydrogen-bond donors (Lipinski definition) is 1. The van der Waals surface area contributed by atoms with Gasteiger partial charge in [0.25, 0.3) is 5.91 Å². The zero-order valence-corrected chi connectivity index (χ0v) is 16.1. The van der Waals surface area contributed by atoms with E-state index in [9.17, 15) is 4.79 Å². The van der Waals surface area contributed by atoms with Gasteiger partial charge in [0.2, 0.25) is 0 Å². The highest BCUT2D eigenvalue weighted by molar-refractivity contribution is 6.29. The first kappa shape index (κ1) is 18.6. The molecular weight excluding hydrogens is 366 g/mol. The van der Waals surface area contributed by atoms with Crippen molar-refractivity contribution in [3.63, 3.8) is 0 Å². The highest BCUT2D eigenvalue weighted by atomic mass is 16.6. The lowest BCUT2D eigenvalue weighted by molar-refractivity contribution is -0.111. The summed E-state index contributed by atoms with van der Waals surface area (Å²) in [5.41, 5.74) is 2.95. The largest absolute Gasteiger partial charge is 0.497 e. The first-order chi connectivity index (χ1) is 14.2. The van der Waals surface area contributed by atoms with E-state index in [-0.39, 0.29) is 5.91 Å². The third-order valence-corrected chi connectivity index (χ3v) is 4.56. The van der Waals surface area contributed by atoms with Gasteiger partial charge in [-0.15, -0.1) is 0 Å². The molecule has 1 aliphatic rings. The molecule has 0 aliphatic carbocycles. The molecule has 0 unspecified atom stereocenters. The predicted octanol–water partition coefficient (Wildman–Crippen LogP) is 4.65. The summed E-state index contributed by atoms with van der Waals surface area (Å²) in [6, 6.07) is 22.5. The molecule has 0 atom stereocenters. The monoisotopic (exact) mass is 387 g/mol. The second-order valence-corrected chi connectivity index (χ2v) is 6.51. The molecule has 1 heterocycles. The summed E-state index contributed by atoms with van der Waals surface area (Å²) in [6.45, 7) is 1.03. The summed E-state index contributed by atoms with van der Waals surface area (Å²) in [5.74, 6) is 1.88. The van der Waals surface area contributed by atoms with Gasteiger partial charge in [-0.2, -0.15) is 0 Å². The molecule has 0 bridgehead atoms. The number of hydrogen-bond acceptors (Lipinski definition) is 4. The summed E-state index contributed by atoms with van der Waals surface area (Å²) >= 11 is 0. The van der Waals surface area contributed by atoms with Crippen molar-refractivity contribution in [3.05, 3.63) is 83.9 Å². The second kappa shape index (κ2) is 8.52. The first-order valence-corrected chi connectivity index (χ1v) is 9.35. The minimum Gasteiger partial charge on any atom is -0.497 e. The van der Waals surface area contributed by atoms with Crippen molar-refractivity contribution in [1.29, 1.82) is 0 Å². The topological polar surface area (TPSA) is 56.8 Å². The molecule has 5 heteroatoms. The smallest absolute Gasteiger partial charge is 0.256 e. The SMILES string of the molecule is COc1ccc(/C=C(\C(=O)Nc2ccc3c(c2)OCCO3)c2ccccc2)cc1. The number of carbonyl (C=O) groups excluding carboxylic acids is 1. The van der Waals surface area contributed by atoms with E-state index >= 15 is 0 Å². The lowest BCUT2D eigenvalue weighted by Gasteiger charge is -2.19. The van der Waals surface area contributed by atoms with E-state index in [1.54, 1.807) is 25.3 Å². The molecule has 5 nitrogen and oxygen atoms in total. The van der Waals surface area contributed by atoms with Gasteiger partial charge in [0.15, 0.2) is 11.5 Å². The Morgan fingerprint density at radius 2 is 1.66 bits per heavy atom. The maximum absolute atomic E-state index is 13.1. The van der Waals surface area contributed by atoms with Crippen LogP contribution in [-0.2, 0) is 4.79 Å². The fourth-order valence-corrected chi connectivity index (χ4v) is 3.08. The van der Waals surface area contributed by atoms with Crippen LogP contribution < -0.4 is 19.5 Å². The Bertz CT molecular complexity index is 1030. The molecule has 4 rings (SSSR count). The van der Waals surface area contributed by atoms with E-state index in [2.05, 4.69) is 5.32 Å². The summed E-state index contributed by atoms with van der Waals surface area (Å²) in [7, 11) is 1.63. The van der Waals surface area contributed by atoms with Crippen LogP contribution in [0.3, 0.4) is 0 Å². The molecule has 1 aliphatic heterocycles. The average Bonchev–Trinajstić information content (AvgIpc) is 2.78. The van der Waals surface area contributed by atoms with Crippen molar-refractivity contribution < 1.29 is 19.0 Å². The van der Waals surface area contributed by atoms with E-state index < -0.39 is 0 Å². The molecule has 3 aromatic rings. The number of ether oxygens (including phenoxy) is 3. The number of anilines is 1. The van der Waals surface area contributed by atoms with Crippen LogP contribution in [0.4, 0.5) is 5.69 Å². The quantitative estimate of drug-likeness (QED) is 0.512. The van der Waals surface area contributed by atoms with Crippen LogP contribution in [0.2, 0.25) is 0 Å². The van der Waals surface area contributed by atoms with E-state index in [4.69, 9.17) is 14.2 Å². The standard InChI is InChI=1S/C24H21NO4/c1-27-20-10-7-17(8-11-20)15-21(18-5-3-2-4-6-18)24(26)25-19-9-12-22-23(16-19)29-14-13-28-22/h2-12,15-16H,13-14H2,1H3,(H,25,26)/b21-15-. The molecule has 29 heavy (non-hydrogen) atoms. The predicted molar refractivity (Wildman–Crippen MR) is 113 cm³/mol. The van der Waals surface area contributed by atoms with E-state index in [0.717, 1.165) is 16.9 Å². The Morgan fingerprint density at radius 1 is 0.931 bits per heavy atom. The van der Waals surface area contributed by atoms with E-state index in [1.165, 1.54) is 0 Å². The third-order valence-electron chi connectivity index (χ3n) is 4.56. The van der Waals surface area contributed by atoms with Crippen LogP contribution in [0.5, 0.6) is 17.2 Å². The second-order valence-electron chi connectivity index (χ2n) is 6.51. The van der Waals surface area contributed by atoms with Crippen LogP contribution in [0.25, 0.3) is 11.6 Å². The number of amides is 1. The Hall–Kier alpha value is -3.73. The number of methoxy groups -OCH3 is 1. The molecule has 1 N–H and O–H groups in total. The number of fused-ring (bicyclic) bond motifs is 1. The molecular formula is C24H21NO4. The highest BCUT2D eigenvalue weighted by Gasteiger charge is 2.16. The summed E-state index contributed by atoms with van der Waals surface area (Å²) < 4.78 is 16.4. The van der Waals surface area contributed by atoms with Crippen LogP contribution in [0.15, 0.2) is 72.8 Å². The van der Waals surface area contributed by atoms with Gasteiger partial charge in [-0.1, -0.05) is 42.5 Å². The molecule has 1 amide bonds. The van der Waals surface area contributed by atoms with Crippen molar-refractivity contribution in [1.82, 2.24) is 0 Å². The minimum absolute atomic E-state index is 0.205. The maximum Gasteiger partial charge on any atom is 0.256 e. The molecule has 3 aromatic carbocycles. The Labute approximate surface area is 169 Å². The van der Waals surface area contributed by atoms with Gasteiger partial charge in [-0.25, -0.2) is 0 Å². The Kier molecular flexibility index (Phi) is 5.47. The zero-order valence-electron chi connectivity index (χ0n) is 16.1. The fourth-order valence-electron chi connectivity index (χ4n) is 3.08. The highest BCUT2D eigenvalue weighted by Crippen LogP contribution is 2.33. The lowest BCUT2D eigenvalue weighted by Crippen LogP contribution is -2.17. The normalized spacial score (nSPS) is 12.9. The summed E-state index contributed by atoms with van der Waals surface area (Å²) in [4.78, 5) is 13.1. The maximum atomic E-state index is 13.1. The lowest BCUT2D eigenvalue weighted by atomic mass is 10.0. The van der Waals surface area contributed by atoms with Crippen molar-refractivity contribution >= 4 is 23.2 Å². The molecule has 0 aromatic heterocycles. The number of benzene rings is 3. The Morgan fingerprint density at radius 3 is 2.38 bits per heavy atom. The van der Waals surface area contributed by atoms with Crippen molar-refractivity contribution in [2.75, 3.05) is 25.6 Å². The van der Waals surface area contributed by atoms with Gasteiger partial charge in [-0.05, 0) is 41.5 Å². The molecule has 146 valence electrons. The number of carbonyl (C=O) groups is 1. The van der Waals surface area contributed by atoms with Gasteiger partial charge >= 0.3 is 0 Å². The van der Waals surface area contributed by atoms with Gasteiger partial charge in [0.05, 0.1) is 7.11 Å².